The van der Waals surface area contributed by atoms with E-state index < -0.39 is 0 Å². The first-order valence-electron chi connectivity index (χ1n) is 12.0. The van der Waals surface area contributed by atoms with Crippen LogP contribution in [0, 0.1) is 0 Å². The Bertz CT molecular complexity index is 1130. The molecule has 2 fully saturated rings. The van der Waals surface area contributed by atoms with Gasteiger partial charge in [-0.2, -0.15) is 4.98 Å². The molecule has 1 aromatic carbocycles. The highest BCUT2D eigenvalue weighted by atomic mass is 16.6. The summed E-state index contributed by atoms with van der Waals surface area (Å²) in [4.78, 5) is 24.0. The van der Waals surface area contributed by atoms with Crippen molar-refractivity contribution in [3.63, 3.8) is 0 Å². The summed E-state index contributed by atoms with van der Waals surface area (Å²) in [6.45, 7) is 7.96. The summed E-state index contributed by atoms with van der Waals surface area (Å²) in [5, 5.41) is 5.39. The number of nitrogens with zero attached hydrogens (tertiary/aromatic N) is 3. The minimum atomic E-state index is -0.0678. The molecule has 0 bridgehead atoms. The van der Waals surface area contributed by atoms with Crippen LogP contribution in [0.15, 0.2) is 54.3 Å². The number of aromatic nitrogens is 2. The summed E-state index contributed by atoms with van der Waals surface area (Å²) in [5.41, 5.74) is 9.88. The van der Waals surface area contributed by atoms with Crippen molar-refractivity contribution >= 4 is 29.0 Å². The molecule has 2 unspecified atom stereocenters. The lowest BCUT2D eigenvalue weighted by Gasteiger charge is -2.33. The predicted molar refractivity (Wildman–Crippen MR) is 132 cm³/mol. The zero-order valence-electron chi connectivity index (χ0n) is 20.0. The Kier molecular flexibility index (Phi) is 5.87. The maximum Gasteiger partial charge on any atom is 0.257 e. The number of hydrogen-bond acceptors (Lipinski definition) is 6. The minimum absolute atomic E-state index is 0.0642. The number of rotatable bonds is 5. The molecule has 3 heterocycles. The second-order valence-electron chi connectivity index (χ2n) is 10.3. The molecular weight excluding hydrogens is 428 g/mol. The van der Waals surface area contributed by atoms with E-state index in [0.29, 0.717) is 24.0 Å². The van der Waals surface area contributed by atoms with Gasteiger partial charge in [-0.25, -0.2) is 4.98 Å². The third-order valence-electron chi connectivity index (χ3n) is 6.63. The van der Waals surface area contributed by atoms with Crippen LogP contribution in [0.25, 0.3) is 0 Å². The molecule has 2 aliphatic heterocycles. The quantitative estimate of drug-likeness (QED) is 0.466. The van der Waals surface area contributed by atoms with Gasteiger partial charge in [0.2, 0.25) is 5.95 Å². The molecule has 2 saturated heterocycles. The van der Waals surface area contributed by atoms with Gasteiger partial charge < -0.3 is 20.7 Å². The highest BCUT2D eigenvalue weighted by molar-refractivity contribution is 5.96. The normalized spacial score (nSPS) is 23.8. The fraction of sp³-hybridized carbons (Fsp3) is 0.423. The molecule has 8 heteroatoms. The Morgan fingerprint density at radius 1 is 1.26 bits per heavy atom. The SMILES string of the molecule is CC(C)(C)c1ccc([NH2+]c2nc(NC3CCCN(C(=O)C4=CC=C[C@H]5OC45)C3)ncc2N)cc1. The van der Waals surface area contributed by atoms with Crippen LogP contribution in [-0.4, -0.2) is 52.1 Å². The zero-order valence-corrected chi connectivity index (χ0v) is 20.0. The fourth-order valence-corrected chi connectivity index (χ4v) is 4.55. The molecule has 3 aliphatic rings. The molecule has 5 rings (SSSR count). The number of ether oxygens (including phenoxy) is 1. The number of likely N-dealkylation sites (tertiary alicyclic amines) is 1. The van der Waals surface area contributed by atoms with Gasteiger partial charge in [-0.15, -0.1) is 0 Å². The summed E-state index contributed by atoms with van der Waals surface area (Å²) in [7, 11) is 0. The molecule has 0 saturated carbocycles. The number of nitrogens with two attached hydrogens (primary N) is 2. The summed E-state index contributed by atoms with van der Waals surface area (Å²) in [6, 6.07) is 8.54. The average Bonchev–Trinajstić information content (AvgIpc) is 3.61. The van der Waals surface area contributed by atoms with Gasteiger partial charge in [-0.1, -0.05) is 51.1 Å². The van der Waals surface area contributed by atoms with Crippen LogP contribution in [0.5, 0.6) is 0 Å². The third-order valence-corrected chi connectivity index (χ3v) is 6.63. The van der Waals surface area contributed by atoms with Crippen LogP contribution < -0.4 is 16.4 Å². The molecule has 3 atom stereocenters. The predicted octanol–water partition coefficient (Wildman–Crippen LogP) is 2.55. The highest BCUT2D eigenvalue weighted by Crippen LogP contribution is 2.34. The average molecular weight is 462 g/mol. The standard InChI is InChI=1S/C26H32N6O2/c1-26(2,3)16-9-11-17(12-10-16)29-23-20(27)14-28-25(31-23)30-18-6-5-13-32(15-18)24(33)19-7-4-8-21-22(19)34-21/h4,7-12,14,18,21-22H,5-6,13,15,27H2,1-3H3,(H2,28,29,30,31)/p+1/t18?,21-,22?/m1/s1. The van der Waals surface area contributed by atoms with E-state index in [9.17, 15) is 4.79 Å². The van der Waals surface area contributed by atoms with Crippen LogP contribution in [0.1, 0.15) is 39.2 Å². The second-order valence-corrected chi connectivity index (χ2v) is 10.3. The zero-order chi connectivity index (χ0) is 23.9. The van der Waals surface area contributed by atoms with Crippen molar-refractivity contribution in [2.24, 2.45) is 0 Å². The van der Waals surface area contributed by atoms with Crippen LogP contribution >= 0.6 is 0 Å². The first-order valence-corrected chi connectivity index (χ1v) is 12.0. The smallest absolute Gasteiger partial charge is 0.257 e. The number of nitrogens with one attached hydrogen (secondary N) is 1. The van der Waals surface area contributed by atoms with Gasteiger partial charge in [0.05, 0.1) is 6.20 Å². The maximum absolute atomic E-state index is 13.0. The number of allylic oxidation sites excluding steroid dienone is 2. The summed E-state index contributed by atoms with van der Waals surface area (Å²) < 4.78 is 5.57. The van der Waals surface area contributed by atoms with Crippen LogP contribution in [-0.2, 0) is 14.9 Å². The van der Waals surface area contributed by atoms with Crippen molar-refractivity contribution in [3.05, 3.63) is 59.8 Å². The first kappa shape index (κ1) is 22.6. The van der Waals surface area contributed by atoms with E-state index >= 15 is 0 Å². The number of amides is 1. The van der Waals surface area contributed by atoms with Crippen LogP contribution in [0.3, 0.4) is 0 Å². The van der Waals surface area contributed by atoms with Crippen molar-refractivity contribution in [1.29, 1.82) is 0 Å². The summed E-state index contributed by atoms with van der Waals surface area (Å²) >= 11 is 0. The van der Waals surface area contributed by atoms with Crippen molar-refractivity contribution in [2.75, 3.05) is 24.1 Å². The number of anilines is 2. The number of quaternary nitrogens is 1. The summed E-state index contributed by atoms with van der Waals surface area (Å²) in [5.74, 6) is 1.27. The van der Waals surface area contributed by atoms with E-state index in [1.54, 1.807) is 6.20 Å². The molecule has 2 aromatic rings. The van der Waals surface area contributed by atoms with Gasteiger partial charge in [-0.3, -0.25) is 10.1 Å². The van der Waals surface area contributed by atoms with Gasteiger partial charge in [0, 0.05) is 24.7 Å². The van der Waals surface area contributed by atoms with Crippen LogP contribution in [0.2, 0.25) is 0 Å². The van der Waals surface area contributed by atoms with Crippen molar-refractivity contribution < 1.29 is 14.8 Å². The highest BCUT2D eigenvalue weighted by Gasteiger charge is 2.45. The Labute approximate surface area is 200 Å². The molecule has 0 radical (unpaired) electrons. The topological polar surface area (TPSA) is 113 Å². The molecule has 0 spiro atoms. The Balaban J connectivity index is 1.24. The van der Waals surface area contributed by atoms with Crippen molar-refractivity contribution in [2.45, 2.75) is 57.3 Å². The molecule has 178 valence electrons. The van der Waals surface area contributed by atoms with Gasteiger partial charge in [0.25, 0.3) is 11.7 Å². The Morgan fingerprint density at radius 3 is 2.82 bits per heavy atom. The van der Waals surface area contributed by atoms with E-state index in [2.05, 4.69) is 60.3 Å². The van der Waals surface area contributed by atoms with Crippen LogP contribution in [0.4, 0.5) is 23.1 Å². The fourth-order valence-electron chi connectivity index (χ4n) is 4.55. The number of nitrogen functional groups attached to an aromatic ring is 1. The van der Waals surface area contributed by atoms with Crippen molar-refractivity contribution in [3.8, 4) is 0 Å². The minimum Gasteiger partial charge on any atom is -0.391 e. The maximum atomic E-state index is 13.0. The Hall–Kier alpha value is -3.23. The largest absolute Gasteiger partial charge is 0.391 e. The van der Waals surface area contributed by atoms with E-state index in [0.717, 1.165) is 30.6 Å². The first-order chi connectivity index (χ1) is 16.3. The number of fused-ring (bicyclic) bond motifs is 1. The molecular formula is C26H33N6O2+. The van der Waals surface area contributed by atoms with Gasteiger partial charge in [-0.05, 0) is 36.0 Å². The lowest BCUT2D eigenvalue weighted by atomic mass is 9.87. The van der Waals surface area contributed by atoms with E-state index in [1.165, 1.54) is 5.56 Å². The molecule has 5 N–H and O–H groups in total. The number of benzene rings is 1. The van der Waals surface area contributed by atoms with Gasteiger partial charge >= 0.3 is 0 Å². The van der Waals surface area contributed by atoms with E-state index in [-0.39, 0.29) is 29.6 Å². The summed E-state index contributed by atoms with van der Waals surface area (Å²) in [6.07, 6.45) is 9.31. The third kappa shape index (κ3) is 4.83. The second kappa shape index (κ2) is 8.85. The lowest BCUT2D eigenvalue weighted by molar-refractivity contribution is -0.482. The Morgan fingerprint density at radius 2 is 2.06 bits per heavy atom. The molecule has 34 heavy (non-hydrogen) atoms. The van der Waals surface area contributed by atoms with Crippen molar-refractivity contribution in [1.82, 2.24) is 14.9 Å². The molecule has 1 aliphatic carbocycles. The number of epoxide rings is 1. The number of piperidine rings is 1. The van der Waals surface area contributed by atoms with Gasteiger partial charge in [0.15, 0.2) is 0 Å². The number of hydrogen-bond donors (Lipinski definition) is 3. The molecule has 1 amide bonds. The number of carbonyl (C=O) groups excluding carboxylic acids is 1. The number of carbonyl (C=O) groups is 1. The molecule has 8 nitrogen and oxygen atoms in total. The monoisotopic (exact) mass is 461 g/mol. The van der Waals surface area contributed by atoms with Gasteiger partial charge in [0.1, 0.15) is 23.6 Å². The van der Waals surface area contributed by atoms with E-state index in [4.69, 9.17) is 10.5 Å². The molecule has 1 aromatic heterocycles. The van der Waals surface area contributed by atoms with E-state index in [1.807, 2.05) is 28.4 Å². The lowest BCUT2D eigenvalue weighted by Crippen LogP contribution is -2.72.